The normalized spacial score (nSPS) is 12.8. The van der Waals surface area contributed by atoms with Crippen LogP contribution in [-0.2, 0) is 17.5 Å². The molecule has 0 saturated carbocycles. The molecule has 1 amide bonds. The van der Waals surface area contributed by atoms with Crippen molar-refractivity contribution in [1.82, 2.24) is 19.6 Å². The molecule has 0 aliphatic heterocycles. The number of nitrogens with one attached hydrogen (secondary N) is 1. The van der Waals surface area contributed by atoms with Crippen molar-refractivity contribution in [2.75, 3.05) is 5.32 Å². The number of nitrogens with zero attached hydrogens (tertiary/aromatic N) is 4. The van der Waals surface area contributed by atoms with Gasteiger partial charge in [-0.15, -0.1) is 0 Å². The first-order valence-corrected chi connectivity index (χ1v) is 10.6. The lowest BCUT2D eigenvalue weighted by Crippen LogP contribution is -2.26. The standard InChI is InChI=1S/C22H19BrF3N5O/c1-13-19(23)20(22(24,25)26)29-31(13)14(2)21(32)27-18-10-11-30(28-18)12-16-8-5-7-15-6-3-4-9-17(15)16/h3-11,14H,12H2,1-2H3,(H,27,28,32). The van der Waals surface area contributed by atoms with Crippen molar-refractivity contribution in [2.45, 2.75) is 32.6 Å². The van der Waals surface area contributed by atoms with Crippen LogP contribution in [0.25, 0.3) is 10.8 Å². The van der Waals surface area contributed by atoms with Crippen LogP contribution >= 0.6 is 15.9 Å². The molecule has 0 bridgehead atoms. The number of rotatable bonds is 5. The monoisotopic (exact) mass is 505 g/mol. The number of benzene rings is 2. The first-order valence-electron chi connectivity index (χ1n) is 9.78. The number of carbonyl (C=O) groups is 1. The highest BCUT2D eigenvalue weighted by Gasteiger charge is 2.39. The van der Waals surface area contributed by atoms with E-state index in [2.05, 4.69) is 31.4 Å². The second-order valence-corrected chi connectivity index (χ2v) is 8.19. The minimum Gasteiger partial charge on any atom is -0.307 e. The Bertz CT molecular complexity index is 1290. The number of fused-ring (bicyclic) bond motifs is 1. The van der Waals surface area contributed by atoms with Gasteiger partial charge < -0.3 is 5.32 Å². The van der Waals surface area contributed by atoms with Crippen molar-refractivity contribution >= 4 is 38.4 Å². The quantitative estimate of drug-likeness (QED) is 0.385. The van der Waals surface area contributed by atoms with Crippen LogP contribution in [0.2, 0.25) is 0 Å². The minimum absolute atomic E-state index is 0.177. The molecule has 4 aromatic rings. The molecule has 1 unspecified atom stereocenters. The van der Waals surface area contributed by atoms with E-state index in [0.717, 1.165) is 21.0 Å². The molecular formula is C22H19BrF3N5O. The number of hydrogen-bond donors (Lipinski definition) is 1. The van der Waals surface area contributed by atoms with Crippen LogP contribution in [0.15, 0.2) is 59.2 Å². The summed E-state index contributed by atoms with van der Waals surface area (Å²) in [6, 6.07) is 14.7. The lowest BCUT2D eigenvalue weighted by molar-refractivity contribution is -0.142. The lowest BCUT2D eigenvalue weighted by Gasteiger charge is -2.13. The number of carbonyl (C=O) groups excluding carboxylic acids is 1. The Balaban J connectivity index is 1.49. The molecule has 0 fully saturated rings. The summed E-state index contributed by atoms with van der Waals surface area (Å²) in [5.74, 6) is -0.214. The van der Waals surface area contributed by atoms with Gasteiger partial charge in [0, 0.05) is 12.3 Å². The second-order valence-electron chi connectivity index (χ2n) is 7.39. The second kappa shape index (κ2) is 8.42. The molecule has 1 atom stereocenters. The van der Waals surface area contributed by atoms with Crippen molar-refractivity contribution in [3.05, 3.63) is 76.2 Å². The number of amides is 1. The number of hydrogen-bond acceptors (Lipinski definition) is 3. The molecule has 0 saturated heterocycles. The highest BCUT2D eigenvalue weighted by Crippen LogP contribution is 2.36. The van der Waals surface area contributed by atoms with Crippen LogP contribution < -0.4 is 5.32 Å². The van der Waals surface area contributed by atoms with Crippen molar-refractivity contribution in [2.24, 2.45) is 0 Å². The van der Waals surface area contributed by atoms with Gasteiger partial charge in [-0.25, -0.2) is 0 Å². The van der Waals surface area contributed by atoms with E-state index in [1.807, 2.05) is 42.5 Å². The number of alkyl halides is 3. The molecule has 0 aliphatic carbocycles. The van der Waals surface area contributed by atoms with E-state index in [4.69, 9.17) is 0 Å². The van der Waals surface area contributed by atoms with Crippen LogP contribution in [0.1, 0.15) is 29.9 Å². The Labute approximate surface area is 190 Å². The van der Waals surface area contributed by atoms with Gasteiger partial charge in [0.15, 0.2) is 11.5 Å². The topological polar surface area (TPSA) is 64.7 Å². The van der Waals surface area contributed by atoms with Gasteiger partial charge in [0.1, 0.15) is 6.04 Å². The molecule has 0 radical (unpaired) electrons. The van der Waals surface area contributed by atoms with Gasteiger partial charge in [-0.3, -0.25) is 14.2 Å². The van der Waals surface area contributed by atoms with Gasteiger partial charge >= 0.3 is 6.18 Å². The first-order chi connectivity index (χ1) is 15.1. The fraction of sp³-hybridized carbons (Fsp3) is 0.227. The summed E-state index contributed by atoms with van der Waals surface area (Å²) in [6.45, 7) is 3.46. The van der Waals surface area contributed by atoms with Crippen molar-refractivity contribution < 1.29 is 18.0 Å². The Hall–Kier alpha value is -3.14. The van der Waals surface area contributed by atoms with Gasteiger partial charge in [-0.05, 0) is 46.1 Å². The molecule has 166 valence electrons. The van der Waals surface area contributed by atoms with Crippen molar-refractivity contribution in [3.8, 4) is 0 Å². The molecule has 32 heavy (non-hydrogen) atoms. The molecule has 2 heterocycles. The van der Waals surface area contributed by atoms with Crippen molar-refractivity contribution in [3.63, 3.8) is 0 Å². The lowest BCUT2D eigenvalue weighted by atomic mass is 10.0. The van der Waals surface area contributed by atoms with Crippen LogP contribution in [0.3, 0.4) is 0 Å². The summed E-state index contributed by atoms with van der Waals surface area (Å²) < 4.78 is 41.9. The Morgan fingerprint density at radius 2 is 1.84 bits per heavy atom. The highest BCUT2D eigenvalue weighted by molar-refractivity contribution is 9.10. The molecule has 2 aromatic carbocycles. The molecule has 0 spiro atoms. The van der Waals surface area contributed by atoms with E-state index in [1.165, 1.54) is 13.8 Å². The van der Waals surface area contributed by atoms with E-state index >= 15 is 0 Å². The third kappa shape index (κ3) is 4.27. The third-order valence-corrected chi connectivity index (χ3v) is 6.15. The highest BCUT2D eigenvalue weighted by atomic mass is 79.9. The maximum atomic E-state index is 13.1. The zero-order chi connectivity index (χ0) is 23.0. The van der Waals surface area contributed by atoms with Crippen molar-refractivity contribution in [1.29, 1.82) is 0 Å². The smallest absolute Gasteiger partial charge is 0.307 e. The van der Waals surface area contributed by atoms with E-state index in [0.29, 0.717) is 12.4 Å². The van der Waals surface area contributed by atoms with E-state index in [9.17, 15) is 18.0 Å². The predicted molar refractivity (Wildman–Crippen MR) is 118 cm³/mol. The van der Waals surface area contributed by atoms with Gasteiger partial charge in [-0.2, -0.15) is 23.4 Å². The molecule has 2 aromatic heterocycles. The van der Waals surface area contributed by atoms with Gasteiger partial charge in [0.2, 0.25) is 5.91 Å². The molecule has 0 aliphatic rings. The fourth-order valence-electron chi connectivity index (χ4n) is 3.52. The average molecular weight is 506 g/mol. The third-order valence-electron chi connectivity index (χ3n) is 5.20. The predicted octanol–water partition coefficient (Wildman–Crippen LogP) is 5.57. The summed E-state index contributed by atoms with van der Waals surface area (Å²) in [4.78, 5) is 12.7. The summed E-state index contributed by atoms with van der Waals surface area (Å²) in [5, 5.41) is 12.9. The molecule has 6 nitrogen and oxygen atoms in total. The number of aromatic nitrogens is 4. The Morgan fingerprint density at radius 1 is 1.12 bits per heavy atom. The SMILES string of the molecule is Cc1c(Br)c(C(F)(F)F)nn1C(C)C(=O)Nc1ccn(Cc2cccc3ccccc23)n1. The molecule has 4 rings (SSSR count). The molecule has 10 heteroatoms. The maximum Gasteiger partial charge on any atom is 0.436 e. The zero-order valence-corrected chi connectivity index (χ0v) is 18.8. The summed E-state index contributed by atoms with van der Waals surface area (Å²) >= 11 is 2.92. The van der Waals surface area contributed by atoms with Crippen LogP contribution in [-0.4, -0.2) is 25.5 Å². The Morgan fingerprint density at radius 3 is 2.56 bits per heavy atom. The van der Waals surface area contributed by atoms with E-state index in [1.54, 1.807) is 16.9 Å². The van der Waals surface area contributed by atoms with Gasteiger partial charge in [0.05, 0.1) is 16.7 Å². The summed E-state index contributed by atoms with van der Waals surface area (Å²) in [5.41, 5.74) is 0.226. The first kappa shape index (κ1) is 22.1. The van der Waals surface area contributed by atoms with Gasteiger partial charge in [-0.1, -0.05) is 42.5 Å². The van der Waals surface area contributed by atoms with Gasteiger partial charge in [0.25, 0.3) is 0 Å². The zero-order valence-electron chi connectivity index (χ0n) is 17.2. The Kier molecular flexibility index (Phi) is 5.81. The molecular weight excluding hydrogens is 487 g/mol. The molecule has 1 N–H and O–H groups in total. The number of halogens is 4. The van der Waals surface area contributed by atoms with Crippen LogP contribution in [0.4, 0.5) is 19.0 Å². The van der Waals surface area contributed by atoms with E-state index in [-0.39, 0.29) is 10.2 Å². The van der Waals surface area contributed by atoms with E-state index < -0.39 is 23.8 Å². The minimum atomic E-state index is -4.62. The summed E-state index contributed by atoms with van der Waals surface area (Å²) in [7, 11) is 0. The maximum absolute atomic E-state index is 13.1. The van der Waals surface area contributed by atoms with Crippen LogP contribution in [0, 0.1) is 6.92 Å². The summed E-state index contributed by atoms with van der Waals surface area (Å²) in [6.07, 6.45) is -2.88. The fourth-order valence-corrected chi connectivity index (χ4v) is 4.01. The largest absolute Gasteiger partial charge is 0.436 e. The average Bonchev–Trinajstić information content (AvgIpc) is 3.31. The number of anilines is 1. The van der Waals surface area contributed by atoms with Crippen LogP contribution in [0.5, 0.6) is 0 Å².